The molecule has 0 aliphatic carbocycles. The fourth-order valence-electron chi connectivity index (χ4n) is 1.68. The number of rotatable bonds is 8. The molecule has 0 spiro atoms. The predicted octanol–water partition coefficient (Wildman–Crippen LogP) is 2.07. The number of carbonyl (C=O) groups is 1. The van der Waals surface area contributed by atoms with Gasteiger partial charge < -0.3 is 15.2 Å². The van der Waals surface area contributed by atoms with Crippen molar-refractivity contribution in [3.63, 3.8) is 0 Å². The number of hydrogen-bond acceptors (Lipinski definition) is 3. The van der Waals surface area contributed by atoms with Crippen LogP contribution in [-0.4, -0.2) is 29.8 Å². The second-order valence-corrected chi connectivity index (χ2v) is 4.83. The number of aryl methyl sites for hydroxylation is 1. The third-order valence-corrected chi connectivity index (χ3v) is 2.88. The van der Waals surface area contributed by atoms with Crippen molar-refractivity contribution in [2.24, 2.45) is 0 Å². The Morgan fingerprint density at radius 3 is 2.60 bits per heavy atom. The molecular weight excluding hydrogens is 254 g/mol. The van der Waals surface area contributed by atoms with Gasteiger partial charge in [-0.1, -0.05) is 18.2 Å². The van der Waals surface area contributed by atoms with Crippen LogP contribution in [0.15, 0.2) is 36.9 Å². The first-order chi connectivity index (χ1) is 9.52. The van der Waals surface area contributed by atoms with E-state index in [0.717, 1.165) is 18.4 Å². The van der Waals surface area contributed by atoms with Crippen molar-refractivity contribution < 1.29 is 14.6 Å². The quantitative estimate of drug-likeness (QED) is 0.715. The highest BCUT2D eigenvalue weighted by Gasteiger charge is 2.13. The summed E-state index contributed by atoms with van der Waals surface area (Å²) in [5, 5.41) is 11.9. The van der Waals surface area contributed by atoms with Gasteiger partial charge >= 0.3 is 0 Å². The number of amides is 1. The van der Waals surface area contributed by atoms with E-state index >= 15 is 0 Å². The Labute approximate surface area is 120 Å². The molecule has 1 amide bonds. The molecule has 0 saturated heterocycles. The molecule has 0 bridgehead atoms. The van der Waals surface area contributed by atoms with Crippen LogP contribution in [0.5, 0.6) is 5.75 Å². The second-order valence-electron chi connectivity index (χ2n) is 4.83. The fourth-order valence-corrected chi connectivity index (χ4v) is 1.68. The van der Waals surface area contributed by atoms with Gasteiger partial charge in [0, 0.05) is 6.54 Å². The monoisotopic (exact) mass is 277 g/mol. The normalized spacial score (nSPS) is 13.3. The van der Waals surface area contributed by atoms with Gasteiger partial charge in [-0.25, -0.2) is 0 Å². The van der Waals surface area contributed by atoms with E-state index in [4.69, 9.17) is 4.74 Å². The number of nitrogens with one attached hydrogen (secondary N) is 1. The van der Waals surface area contributed by atoms with Crippen LogP contribution in [0.1, 0.15) is 25.8 Å². The first-order valence-electron chi connectivity index (χ1n) is 6.85. The van der Waals surface area contributed by atoms with Crippen LogP contribution in [0.3, 0.4) is 0 Å². The van der Waals surface area contributed by atoms with E-state index < -0.39 is 6.10 Å². The summed E-state index contributed by atoms with van der Waals surface area (Å²) >= 11 is 0. The van der Waals surface area contributed by atoms with Crippen molar-refractivity contribution in [1.82, 2.24) is 5.32 Å². The standard InChI is InChI=1S/C16H23NO3/c1-4-11-17-16(19)13(3)20-15-9-7-14(8-10-15)6-5-12(2)18/h4,7-10,12-13,18H,1,5-6,11H2,2-3H3,(H,17,19). The van der Waals surface area contributed by atoms with E-state index in [1.165, 1.54) is 0 Å². The molecule has 2 unspecified atom stereocenters. The topological polar surface area (TPSA) is 58.6 Å². The van der Waals surface area contributed by atoms with Crippen molar-refractivity contribution in [3.8, 4) is 5.75 Å². The summed E-state index contributed by atoms with van der Waals surface area (Å²) < 4.78 is 5.56. The highest BCUT2D eigenvalue weighted by molar-refractivity contribution is 5.80. The van der Waals surface area contributed by atoms with Crippen LogP contribution in [-0.2, 0) is 11.2 Å². The summed E-state index contributed by atoms with van der Waals surface area (Å²) in [4.78, 5) is 11.6. The number of aliphatic hydroxyl groups excluding tert-OH is 1. The molecule has 0 aromatic heterocycles. The summed E-state index contributed by atoms with van der Waals surface area (Å²) in [6.45, 7) is 7.46. The third-order valence-electron chi connectivity index (χ3n) is 2.88. The zero-order valence-electron chi connectivity index (χ0n) is 12.1. The van der Waals surface area contributed by atoms with Gasteiger partial charge in [0.25, 0.3) is 5.91 Å². The summed E-state index contributed by atoms with van der Waals surface area (Å²) in [7, 11) is 0. The molecule has 0 aliphatic heterocycles. The van der Waals surface area contributed by atoms with E-state index in [-0.39, 0.29) is 12.0 Å². The number of ether oxygens (including phenoxy) is 1. The smallest absolute Gasteiger partial charge is 0.261 e. The van der Waals surface area contributed by atoms with Gasteiger partial charge in [-0.2, -0.15) is 0 Å². The Bertz CT molecular complexity index is 426. The Morgan fingerprint density at radius 2 is 2.05 bits per heavy atom. The molecular formula is C16H23NO3. The van der Waals surface area contributed by atoms with Gasteiger partial charge in [-0.15, -0.1) is 6.58 Å². The summed E-state index contributed by atoms with van der Waals surface area (Å²) in [6.07, 6.45) is 2.35. The van der Waals surface area contributed by atoms with Crippen LogP contribution in [0.2, 0.25) is 0 Å². The first kappa shape index (κ1) is 16.2. The van der Waals surface area contributed by atoms with Crippen LogP contribution in [0.25, 0.3) is 0 Å². The molecule has 0 radical (unpaired) electrons. The van der Waals surface area contributed by atoms with Crippen molar-refractivity contribution >= 4 is 5.91 Å². The first-order valence-corrected chi connectivity index (χ1v) is 6.85. The molecule has 0 fully saturated rings. The minimum absolute atomic E-state index is 0.164. The molecule has 1 aromatic carbocycles. The van der Waals surface area contributed by atoms with Gasteiger partial charge in [0.1, 0.15) is 5.75 Å². The van der Waals surface area contributed by atoms with Gasteiger partial charge in [0.05, 0.1) is 6.10 Å². The average Bonchev–Trinajstić information content (AvgIpc) is 2.43. The maximum absolute atomic E-state index is 11.6. The number of carbonyl (C=O) groups excluding carboxylic acids is 1. The predicted molar refractivity (Wildman–Crippen MR) is 79.7 cm³/mol. The van der Waals surface area contributed by atoms with Gasteiger partial charge in [0.15, 0.2) is 6.10 Å². The van der Waals surface area contributed by atoms with Crippen LogP contribution in [0.4, 0.5) is 0 Å². The van der Waals surface area contributed by atoms with Crippen molar-refractivity contribution in [1.29, 1.82) is 0 Å². The summed E-state index contributed by atoms with van der Waals surface area (Å²) in [5.41, 5.74) is 1.14. The summed E-state index contributed by atoms with van der Waals surface area (Å²) in [6, 6.07) is 7.58. The average molecular weight is 277 g/mol. The molecule has 4 nitrogen and oxygen atoms in total. The lowest BCUT2D eigenvalue weighted by Gasteiger charge is -2.14. The lowest BCUT2D eigenvalue weighted by Crippen LogP contribution is -2.36. The van der Waals surface area contributed by atoms with E-state index in [2.05, 4.69) is 11.9 Å². The SMILES string of the molecule is C=CCNC(=O)C(C)Oc1ccc(CCC(C)O)cc1. The highest BCUT2D eigenvalue weighted by Crippen LogP contribution is 2.15. The van der Waals surface area contributed by atoms with Gasteiger partial charge in [0.2, 0.25) is 0 Å². The Kier molecular flexibility index (Phi) is 6.81. The molecule has 2 N–H and O–H groups in total. The minimum Gasteiger partial charge on any atom is -0.481 e. The minimum atomic E-state index is -0.543. The van der Waals surface area contributed by atoms with Crippen LogP contribution in [0, 0.1) is 0 Å². The molecule has 0 saturated carbocycles. The third kappa shape index (κ3) is 5.89. The zero-order chi connectivity index (χ0) is 15.0. The molecule has 2 atom stereocenters. The molecule has 0 aliphatic rings. The molecule has 20 heavy (non-hydrogen) atoms. The number of aliphatic hydroxyl groups is 1. The molecule has 1 aromatic rings. The summed E-state index contributed by atoms with van der Waals surface area (Å²) in [5.74, 6) is 0.495. The van der Waals surface area contributed by atoms with Crippen molar-refractivity contribution in [2.75, 3.05) is 6.54 Å². The van der Waals surface area contributed by atoms with Crippen molar-refractivity contribution in [2.45, 2.75) is 38.9 Å². The Morgan fingerprint density at radius 1 is 1.40 bits per heavy atom. The van der Waals surface area contributed by atoms with E-state index in [1.807, 2.05) is 24.3 Å². The second kappa shape index (κ2) is 8.38. The maximum Gasteiger partial charge on any atom is 0.261 e. The molecule has 0 heterocycles. The molecule has 110 valence electrons. The number of benzene rings is 1. The van der Waals surface area contributed by atoms with E-state index in [1.54, 1.807) is 19.9 Å². The van der Waals surface area contributed by atoms with E-state index in [9.17, 15) is 9.90 Å². The fraction of sp³-hybridized carbons (Fsp3) is 0.438. The zero-order valence-corrected chi connectivity index (χ0v) is 12.1. The largest absolute Gasteiger partial charge is 0.481 e. The lowest BCUT2D eigenvalue weighted by molar-refractivity contribution is -0.127. The Balaban J connectivity index is 2.48. The molecule has 1 rings (SSSR count). The maximum atomic E-state index is 11.6. The number of hydrogen-bond donors (Lipinski definition) is 2. The lowest BCUT2D eigenvalue weighted by atomic mass is 10.1. The van der Waals surface area contributed by atoms with Crippen LogP contribution >= 0.6 is 0 Å². The van der Waals surface area contributed by atoms with E-state index in [0.29, 0.717) is 12.3 Å². The molecule has 4 heteroatoms. The highest BCUT2D eigenvalue weighted by atomic mass is 16.5. The Hall–Kier alpha value is -1.81. The van der Waals surface area contributed by atoms with Gasteiger partial charge in [-0.3, -0.25) is 4.79 Å². The van der Waals surface area contributed by atoms with Crippen LogP contribution < -0.4 is 10.1 Å². The van der Waals surface area contributed by atoms with Crippen molar-refractivity contribution in [3.05, 3.63) is 42.5 Å². The van der Waals surface area contributed by atoms with Gasteiger partial charge in [-0.05, 0) is 44.4 Å².